The Morgan fingerprint density at radius 2 is 1.94 bits per heavy atom. The molecular weight excluding hydrogens is 384 g/mol. The molecule has 0 saturated heterocycles. The molecule has 4 rings (SSSR count). The standard InChI is InChI=1S/C28H46O3/c1-18(2)7-6-8-25(30)28(5,31)24-12-11-22-21-10-9-19-17-20(29)13-15-26(19,3)23(21)14-16-27(22,24)4/h9,20-25,29-31H,1,6-8,10-17H2,2-5H3/t20-,21?,22?,23?,24?,25-,26-,27-,28+/m0/s1. The van der Waals surface area contributed by atoms with Gasteiger partial charge in [-0.05, 0) is 119 Å². The molecule has 4 aliphatic rings. The van der Waals surface area contributed by atoms with Crippen LogP contribution in [-0.4, -0.2) is 33.1 Å². The Balaban J connectivity index is 1.52. The van der Waals surface area contributed by atoms with Gasteiger partial charge in [0.1, 0.15) is 0 Å². The molecule has 3 N–H and O–H groups in total. The number of fused-ring (bicyclic) bond motifs is 5. The van der Waals surface area contributed by atoms with E-state index in [9.17, 15) is 15.3 Å². The predicted molar refractivity (Wildman–Crippen MR) is 126 cm³/mol. The second-order valence-electron chi connectivity index (χ2n) is 12.4. The number of hydrogen-bond donors (Lipinski definition) is 3. The predicted octanol–water partition coefficient (Wildman–Crippen LogP) is 5.78. The Hall–Kier alpha value is -0.640. The largest absolute Gasteiger partial charge is 0.393 e. The number of aliphatic hydroxyl groups is 3. The Morgan fingerprint density at radius 3 is 2.65 bits per heavy atom. The molecule has 0 aromatic heterocycles. The molecule has 0 radical (unpaired) electrons. The fraction of sp³-hybridized carbons (Fsp3) is 0.857. The lowest BCUT2D eigenvalue weighted by molar-refractivity contribution is -0.151. The van der Waals surface area contributed by atoms with E-state index in [0.717, 1.165) is 56.9 Å². The third kappa shape index (κ3) is 3.87. The maximum absolute atomic E-state index is 11.6. The summed E-state index contributed by atoms with van der Waals surface area (Å²) in [5.41, 5.74) is 2.00. The fourth-order valence-electron chi connectivity index (χ4n) is 8.72. The topological polar surface area (TPSA) is 60.7 Å². The fourth-order valence-corrected chi connectivity index (χ4v) is 8.72. The molecule has 9 atom stereocenters. The smallest absolute Gasteiger partial charge is 0.0910 e. The summed E-state index contributed by atoms with van der Waals surface area (Å²) >= 11 is 0. The second kappa shape index (κ2) is 8.29. The molecule has 4 unspecified atom stereocenters. The normalized spacial score (nSPS) is 45.0. The van der Waals surface area contributed by atoms with Gasteiger partial charge in [-0.2, -0.15) is 0 Å². The Bertz CT molecular complexity index is 724. The zero-order chi connectivity index (χ0) is 22.6. The third-order valence-corrected chi connectivity index (χ3v) is 10.5. The van der Waals surface area contributed by atoms with Gasteiger partial charge in [-0.3, -0.25) is 0 Å². The molecule has 0 amide bonds. The molecule has 4 aliphatic carbocycles. The number of aliphatic hydroxyl groups excluding tert-OH is 2. The van der Waals surface area contributed by atoms with Crippen molar-refractivity contribution in [2.75, 3.05) is 0 Å². The van der Waals surface area contributed by atoms with Crippen molar-refractivity contribution in [1.82, 2.24) is 0 Å². The van der Waals surface area contributed by atoms with Crippen LogP contribution in [0.2, 0.25) is 0 Å². The van der Waals surface area contributed by atoms with Gasteiger partial charge in [0.2, 0.25) is 0 Å². The Morgan fingerprint density at radius 1 is 1.19 bits per heavy atom. The zero-order valence-electron chi connectivity index (χ0n) is 20.4. The molecular formula is C28H46O3. The van der Waals surface area contributed by atoms with Crippen molar-refractivity contribution in [2.45, 2.75) is 116 Å². The van der Waals surface area contributed by atoms with Crippen molar-refractivity contribution in [2.24, 2.45) is 34.5 Å². The molecule has 0 heterocycles. The van der Waals surface area contributed by atoms with Crippen LogP contribution in [0, 0.1) is 34.5 Å². The molecule has 3 saturated carbocycles. The first-order valence-corrected chi connectivity index (χ1v) is 12.9. The minimum absolute atomic E-state index is 0.107. The molecule has 0 bridgehead atoms. The van der Waals surface area contributed by atoms with Crippen molar-refractivity contribution in [3.63, 3.8) is 0 Å². The lowest BCUT2D eigenvalue weighted by Gasteiger charge is -2.59. The second-order valence-corrected chi connectivity index (χ2v) is 12.4. The highest BCUT2D eigenvalue weighted by molar-refractivity contribution is 5.25. The number of allylic oxidation sites excluding steroid dienone is 2. The third-order valence-electron chi connectivity index (χ3n) is 10.5. The van der Waals surface area contributed by atoms with E-state index >= 15 is 0 Å². The highest BCUT2D eigenvalue weighted by atomic mass is 16.3. The monoisotopic (exact) mass is 430 g/mol. The van der Waals surface area contributed by atoms with E-state index in [2.05, 4.69) is 26.5 Å². The van der Waals surface area contributed by atoms with E-state index in [1.165, 1.54) is 18.4 Å². The van der Waals surface area contributed by atoms with Gasteiger partial charge in [-0.15, -0.1) is 6.58 Å². The summed E-state index contributed by atoms with van der Waals surface area (Å²) < 4.78 is 0. The highest BCUT2D eigenvalue weighted by Crippen LogP contribution is 2.67. The van der Waals surface area contributed by atoms with Crippen LogP contribution in [0.25, 0.3) is 0 Å². The van der Waals surface area contributed by atoms with Crippen LogP contribution in [0.5, 0.6) is 0 Å². The SMILES string of the molecule is C=C(C)CCC[C@H](O)[C@](C)(O)C1CCC2C3CC=C4C[C@@H](O)CC[C@]4(C)C3CC[C@@]21C. The molecule has 176 valence electrons. The van der Waals surface area contributed by atoms with Crippen LogP contribution in [0.1, 0.15) is 98.3 Å². The molecule has 3 nitrogen and oxygen atoms in total. The summed E-state index contributed by atoms with van der Waals surface area (Å²) in [5.74, 6) is 2.19. The summed E-state index contributed by atoms with van der Waals surface area (Å²) in [4.78, 5) is 0. The van der Waals surface area contributed by atoms with Gasteiger partial charge in [0, 0.05) is 0 Å². The van der Waals surface area contributed by atoms with Crippen molar-refractivity contribution in [3.8, 4) is 0 Å². The van der Waals surface area contributed by atoms with Crippen molar-refractivity contribution < 1.29 is 15.3 Å². The van der Waals surface area contributed by atoms with Gasteiger partial charge >= 0.3 is 0 Å². The summed E-state index contributed by atoms with van der Waals surface area (Å²) in [6.45, 7) is 12.8. The van der Waals surface area contributed by atoms with E-state index in [1.54, 1.807) is 0 Å². The molecule has 3 heteroatoms. The lowest BCUT2D eigenvalue weighted by Crippen LogP contribution is -2.55. The van der Waals surface area contributed by atoms with E-state index in [0.29, 0.717) is 24.2 Å². The van der Waals surface area contributed by atoms with Crippen LogP contribution in [0.15, 0.2) is 23.8 Å². The van der Waals surface area contributed by atoms with E-state index < -0.39 is 11.7 Å². The van der Waals surface area contributed by atoms with Gasteiger partial charge in [0.25, 0.3) is 0 Å². The Kier molecular flexibility index (Phi) is 6.29. The van der Waals surface area contributed by atoms with Gasteiger partial charge in [0.15, 0.2) is 0 Å². The molecule has 31 heavy (non-hydrogen) atoms. The molecule has 0 aromatic carbocycles. The molecule has 0 aromatic rings. The highest BCUT2D eigenvalue weighted by Gasteiger charge is 2.62. The van der Waals surface area contributed by atoms with Gasteiger partial charge < -0.3 is 15.3 Å². The first-order chi connectivity index (χ1) is 14.5. The zero-order valence-corrected chi connectivity index (χ0v) is 20.4. The van der Waals surface area contributed by atoms with Crippen molar-refractivity contribution in [3.05, 3.63) is 23.8 Å². The Labute approximate surface area is 190 Å². The first-order valence-electron chi connectivity index (χ1n) is 12.9. The van der Waals surface area contributed by atoms with Gasteiger partial charge in [-0.1, -0.05) is 31.1 Å². The van der Waals surface area contributed by atoms with Crippen molar-refractivity contribution >= 4 is 0 Å². The lowest BCUT2D eigenvalue weighted by atomic mass is 9.46. The molecule has 0 aliphatic heterocycles. The van der Waals surface area contributed by atoms with Crippen LogP contribution in [0.3, 0.4) is 0 Å². The molecule has 3 fully saturated rings. The van der Waals surface area contributed by atoms with E-state index in [1.807, 2.05) is 13.8 Å². The summed E-state index contributed by atoms with van der Waals surface area (Å²) in [6, 6.07) is 0. The van der Waals surface area contributed by atoms with Crippen molar-refractivity contribution in [1.29, 1.82) is 0 Å². The van der Waals surface area contributed by atoms with Crippen LogP contribution >= 0.6 is 0 Å². The maximum atomic E-state index is 11.6. The average molecular weight is 431 g/mol. The average Bonchev–Trinajstić information content (AvgIpc) is 3.06. The number of rotatable bonds is 6. The summed E-state index contributed by atoms with van der Waals surface area (Å²) in [5, 5.41) is 32.8. The first kappa shape index (κ1) is 23.5. The van der Waals surface area contributed by atoms with Gasteiger partial charge in [0.05, 0.1) is 17.8 Å². The minimum Gasteiger partial charge on any atom is -0.393 e. The molecule has 0 spiro atoms. The van der Waals surface area contributed by atoms with Crippen LogP contribution in [-0.2, 0) is 0 Å². The maximum Gasteiger partial charge on any atom is 0.0910 e. The minimum atomic E-state index is -1.03. The van der Waals surface area contributed by atoms with E-state index in [-0.39, 0.29) is 22.9 Å². The van der Waals surface area contributed by atoms with Crippen LogP contribution in [0.4, 0.5) is 0 Å². The van der Waals surface area contributed by atoms with Crippen LogP contribution < -0.4 is 0 Å². The number of hydrogen-bond acceptors (Lipinski definition) is 3. The van der Waals surface area contributed by atoms with E-state index in [4.69, 9.17) is 0 Å². The summed E-state index contributed by atoms with van der Waals surface area (Å²) in [6.07, 6.45) is 12.8. The van der Waals surface area contributed by atoms with Gasteiger partial charge in [-0.25, -0.2) is 0 Å². The summed E-state index contributed by atoms with van der Waals surface area (Å²) in [7, 11) is 0. The quantitative estimate of drug-likeness (QED) is 0.468.